The number of halogens is 2. The molecule has 4 nitrogen and oxygen atoms in total. The van der Waals surface area contributed by atoms with Crippen molar-refractivity contribution in [3.05, 3.63) is 35.4 Å². The second-order valence-electron chi connectivity index (χ2n) is 4.57. The van der Waals surface area contributed by atoms with Gasteiger partial charge in [0.2, 0.25) is 0 Å². The molecule has 0 aliphatic carbocycles. The van der Waals surface area contributed by atoms with Crippen LogP contribution in [0.2, 0.25) is 0 Å². The number of hydrogen-bond acceptors (Lipinski definition) is 2. The molecule has 1 aromatic rings. The van der Waals surface area contributed by atoms with Gasteiger partial charge < -0.3 is 10.4 Å². The molecule has 0 unspecified atom stereocenters. The summed E-state index contributed by atoms with van der Waals surface area (Å²) in [5.74, 6) is -3.95. The van der Waals surface area contributed by atoms with Crippen LogP contribution in [-0.2, 0) is 4.79 Å². The summed E-state index contributed by atoms with van der Waals surface area (Å²) in [4.78, 5) is 23.1. The van der Waals surface area contributed by atoms with Crippen molar-refractivity contribution in [1.29, 1.82) is 0 Å². The highest BCUT2D eigenvalue weighted by Crippen LogP contribution is 2.26. The van der Waals surface area contributed by atoms with Crippen molar-refractivity contribution in [3.63, 3.8) is 0 Å². The van der Waals surface area contributed by atoms with Gasteiger partial charge in [-0.05, 0) is 25.0 Å². The van der Waals surface area contributed by atoms with Crippen molar-refractivity contribution in [1.82, 2.24) is 5.32 Å². The number of carbonyl (C=O) groups excluding carboxylic acids is 1. The van der Waals surface area contributed by atoms with Crippen LogP contribution in [0.3, 0.4) is 0 Å². The molecule has 0 aromatic heterocycles. The molecule has 0 fully saturated rings. The first-order chi connectivity index (χ1) is 9.38. The molecule has 1 aromatic carbocycles. The third-order valence-electron chi connectivity index (χ3n) is 3.58. The monoisotopic (exact) mass is 285 g/mol. The summed E-state index contributed by atoms with van der Waals surface area (Å²) in [6, 6.07) is 3.10. The second kappa shape index (κ2) is 6.45. The summed E-state index contributed by atoms with van der Waals surface area (Å²) in [7, 11) is 0. The molecule has 20 heavy (non-hydrogen) atoms. The van der Waals surface area contributed by atoms with Gasteiger partial charge in [-0.3, -0.25) is 9.59 Å². The average Bonchev–Trinajstić information content (AvgIpc) is 2.40. The lowest BCUT2D eigenvalue weighted by atomic mass is 9.82. The van der Waals surface area contributed by atoms with E-state index in [9.17, 15) is 23.5 Å². The van der Waals surface area contributed by atoms with Crippen LogP contribution in [0.1, 0.15) is 37.0 Å². The lowest BCUT2D eigenvalue weighted by molar-refractivity contribution is -0.149. The molecule has 0 saturated carbocycles. The zero-order valence-corrected chi connectivity index (χ0v) is 11.4. The molecular weight excluding hydrogens is 268 g/mol. The molecule has 110 valence electrons. The van der Waals surface area contributed by atoms with Crippen LogP contribution in [0.4, 0.5) is 8.78 Å². The smallest absolute Gasteiger partial charge is 0.311 e. The first-order valence-electron chi connectivity index (χ1n) is 6.33. The summed E-state index contributed by atoms with van der Waals surface area (Å²) >= 11 is 0. The van der Waals surface area contributed by atoms with Gasteiger partial charge in [0.15, 0.2) is 0 Å². The molecule has 0 radical (unpaired) electrons. The van der Waals surface area contributed by atoms with Crippen LogP contribution in [0.5, 0.6) is 0 Å². The molecule has 0 bridgehead atoms. The Kier molecular flexibility index (Phi) is 5.19. The molecule has 0 aliphatic heterocycles. The van der Waals surface area contributed by atoms with Crippen LogP contribution in [0.15, 0.2) is 18.2 Å². The number of carboxylic acid groups (broad SMARTS) is 1. The standard InChI is InChI=1S/C14H17F2NO3/c1-3-14(4-2,13(19)20)8-17-12(18)11-9(15)6-5-7-10(11)16/h5-7H,3-4,8H2,1-2H3,(H,17,18)(H,19,20). The van der Waals surface area contributed by atoms with E-state index in [1.807, 2.05) is 0 Å². The molecule has 6 heteroatoms. The molecule has 1 amide bonds. The third-order valence-corrected chi connectivity index (χ3v) is 3.58. The van der Waals surface area contributed by atoms with E-state index >= 15 is 0 Å². The minimum atomic E-state index is -1.13. The SMILES string of the molecule is CCC(CC)(CNC(=O)c1c(F)cccc1F)C(=O)O. The van der Waals surface area contributed by atoms with E-state index in [2.05, 4.69) is 5.32 Å². The summed E-state index contributed by atoms with van der Waals surface area (Å²) in [6.45, 7) is 3.20. The van der Waals surface area contributed by atoms with Gasteiger partial charge in [0.1, 0.15) is 17.2 Å². The summed E-state index contributed by atoms with van der Waals surface area (Å²) in [5.41, 5.74) is -1.82. The van der Waals surface area contributed by atoms with E-state index in [0.717, 1.165) is 18.2 Å². The Morgan fingerprint density at radius 1 is 1.20 bits per heavy atom. The van der Waals surface area contributed by atoms with Gasteiger partial charge in [0.05, 0.1) is 5.41 Å². The minimum Gasteiger partial charge on any atom is -0.481 e. The van der Waals surface area contributed by atoms with Gasteiger partial charge in [-0.1, -0.05) is 19.9 Å². The van der Waals surface area contributed by atoms with Crippen molar-refractivity contribution in [2.45, 2.75) is 26.7 Å². The summed E-state index contributed by atoms with van der Waals surface area (Å²) in [5, 5.41) is 11.5. The fourth-order valence-corrected chi connectivity index (χ4v) is 1.93. The van der Waals surface area contributed by atoms with Crippen LogP contribution in [-0.4, -0.2) is 23.5 Å². The summed E-state index contributed by atoms with van der Waals surface area (Å²) < 4.78 is 26.9. The first kappa shape index (κ1) is 16.1. The molecule has 0 saturated heterocycles. The Balaban J connectivity index is 2.89. The zero-order valence-electron chi connectivity index (χ0n) is 11.4. The van der Waals surface area contributed by atoms with Gasteiger partial charge in [0.25, 0.3) is 5.91 Å². The maximum atomic E-state index is 13.4. The minimum absolute atomic E-state index is 0.179. The molecule has 0 spiro atoms. The van der Waals surface area contributed by atoms with Crippen molar-refractivity contribution in [2.24, 2.45) is 5.41 Å². The third kappa shape index (κ3) is 3.12. The fraction of sp³-hybridized carbons (Fsp3) is 0.429. The van der Waals surface area contributed by atoms with Crippen LogP contribution in [0.25, 0.3) is 0 Å². The van der Waals surface area contributed by atoms with E-state index < -0.39 is 34.5 Å². The highest BCUT2D eigenvalue weighted by molar-refractivity contribution is 5.95. The lowest BCUT2D eigenvalue weighted by Gasteiger charge is -2.26. The lowest BCUT2D eigenvalue weighted by Crippen LogP contribution is -2.42. The van der Waals surface area contributed by atoms with Crippen molar-refractivity contribution >= 4 is 11.9 Å². The highest BCUT2D eigenvalue weighted by atomic mass is 19.1. The Labute approximate surface area is 115 Å². The molecule has 0 aliphatic rings. The topological polar surface area (TPSA) is 66.4 Å². The largest absolute Gasteiger partial charge is 0.481 e. The maximum Gasteiger partial charge on any atom is 0.311 e. The molecule has 0 heterocycles. The zero-order chi connectivity index (χ0) is 15.3. The Morgan fingerprint density at radius 3 is 2.10 bits per heavy atom. The van der Waals surface area contributed by atoms with Gasteiger partial charge in [-0.25, -0.2) is 8.78 Å². The number of benzene rings is 1. The number of hydrogen-bond donors (Lipinski definition) is 2. The number of carbonyl (C=O) groups is 2. The second-order valence-corrected chi connectivity index (χ2v) is 4.57. The molecule has 0 atom stereocenters. The number of aliphatic carboxylic acids is 1. The maximum absolute atomic E-state index is 13.4. The average molecular weight is 285 g/mol. The number of rotatable bonds is 6. The van der Waals surface area contributed by atoms with Crippen molar-refractivity contribution in [3.8, 4) is 0 Å². The molecule has 2 N–H and O–H groups in total. The summed E-state index contributed by atoms with van der Waals surface area (Å²) in [6.07, 6.45) is 0.609. The highest BCUT2D eigenvalue weighted by Gasteiger charge is 2.35. The van der Waals surface area contributed by atoms with Crippen LogP contribution in [0, 0.1) is 17.0 Å². The Morgan fingerprint density at radius 2 is 1.70 bits per heavy atom. The van der Waals surface area contributed by atoms with Crippen LogP contribution >= 0.6 is 0 Å². The van der Waals surface area contributed by atoms with Gasteiger partial charge in [-0.2, -0.15) is 0 Å². The Bertz CT molecular complexity index is 493. The van der Waals surface area contributed by atoms with E-state index in [1.165, 1.54) is 0 Å². The number of amides is 1. The Hall–Kier alpha value is -1.98. The van der Waals surface area contributed by atoms with Gasteiger partial charge >= 0.3 is 5.97 Å². The first-order valence-corrected chi connectivity index (χ1v) is 6.33. The molecular formula is C14H17F2NO3. The van der Waals surface area contributed by atoms with Crippen molar-refractivity contribution < 1.29 is 23.5 Å². The van der Waals surface area contributed by atoms with Crippen molar-refractivity contribution in [2.75, 3.05) is 6.54 Å². The van der Waals surface area contributed by atoms with Gasteiger partial charge in [0, 0.05) is 6.54 Å². The number of carboxylic acids is 1. The van der Waals surface area contributed by atoms with Crippen LogP contribution < -0.4 is 5.32 Å². The van der Waals surface area contributed by atoms with E-state index in [4.69, 9.17) is 0 Å². The predicted octanol–water partition coefficient (Wildman–Crippen LogP) is 2.59. The van der Waals surface area contributed by atoms with E-state index in [1.54, 1.807) is 13.8 Å². The predicted molar refractivity (Wildman–Crippen MR) is 69.3 cm³/mol. The number of nitrogens with one attached hydrogen (secondary N) is 1. The normalized spacial score (nSPS) is 11.2. The van der Waals surface area contributed by atoms with E-state index in [-0.39, 0.29) is 6.54 Å². The fourth-order valence-electron chi connectivity index (χ4n) is 1.93. The molecule has 1 rings (SSSR count). The quantitative estimate of drug-likeness (QED) is 0.844. The van der Waals surface area contributed by atoms with Gasteiger partial charge in [-0.15, -0.1) is 0 Å². The van der Waals surface area contributed by atoms with E-state index in [0.29, 0.717) is 12.8 Å².